The van der Waals surface area contributed by atoms with Crippen molar-refractivity contribution in [1.29, 1.82) is 0 Å². The quantitative estimate of drug-likeness (QED) is 0.727. The Kier molecular flexibility index (Phi) is 2.74. The molecule has 3 N–H and O–H groups in total. The Balaban J connectivity index is 3.00. The minimum Gasteiger partial charge on any atom is -0.451 e. The molecule has 74 valence electrons. The first-order chi connectivity index (χ1) is 5.95. The van der Waals surface area contributed by atoms with Crippen LogP contribution in [0.4, 0.5) is 0 Å². The number of hydrogen-bond donors (Lipinski definition) is 2. The zero-order chi connectivity index (χ0) is 10.1. The highest BCUT2D eigenvalue weighted by atomic mass is 32.2. The number of nitrogens with two attached hydrogens (primary N) is 1. The average Bonchev–Trinajstić information content (AvgIpc) is 2.50. The van der Waals surface area contributed by atoms with Gasteiger partial charge in [-0.2, -0.15) is 0 Å². The predicted molar refractivity (Wildman–Crippen MR) is 45.6 cm³/mol. The van der Waals surface area contributed by atoms with Gasteiger partial charge in [-0.3, -0.25) is 0 Å². The van der Waals surface area contributed by atoms with Gasteiger partial charge in [0.15, 0.2) is 0 Å². The summed E-state index contributed by atoms with van der Waals surface area (Å²) in [6.07, 6.45) is 1.28. The van der Waals surface area contributed by atoms with Gasteiger partial charge < -0.3 is 9.52 Å². The molecule has 1 heterocycles. The molecule has 0 radical (unpaired) electrons. The normalized spacial score (nSPS) is 14.4. The van der Waals surface area contributed by atoms with E-state index < -0.39 is 10.0 Å². The summed E-state index contributed by atoms with van der Waals surface area (Å²) in [5.41, 5.74) is 0.617. The van der Waals surface area contributed by atoms with E-state index in [-0.39, 0.29) is 17.6 Å². The number of sulfonamides is 1. The van der Waals surface area contributed by atoms with Crippen LogP contribution in [0.5, 0.6) is 0 Å². The fourth-order valence-electron chi connectivity index (χ4n) is 0.843. The van der Waals surface area contributed by atoms with Crippen molar-refractivity contribution in [2.24, 2.45) is 5.14 Å². The van der Waals surface area contributed by atoms with Crippen LogP contribution in [0, 0.1) is 0 Å². The van der Waals surface area contributed by atoms with E-state index in [2.05, 4.69) is 0 Å². The Morgan fingerprint density at radius 3 is 2.69 bits per heavy atom. The summed E-state index contributed by atoms with van der Waals surface area (Å²) in [4.78, 5) is 0. The van der Waals surface area contributed by atoms with Crippen LogP contribution in [0.2, 0.25) is 0 Å². The van der Waals surface area contributed by atoms with Crippen molar-refractivity contribution in [3.05, 3.63) is 17.9 Å². The maximum absolute atomic E-state index is 10.8. The standard InChI is InChI=1S/C7H11NO4S/c1-5(3-9)6-2-7(12-4-6)13(8,10)11/h2,4-5,9H,3H2,1H3,(H2,8,10,11). The number of furan rings is 1. The van der Waals surface area contributed by atoms with Crippen molar-refractivity contribution in [2.45, 2.75) is 17.9 Å². The van der Waals surface area contributed by atoms with Crippen LogP contribution in [0.15, 0.2) is 21.8 Å². The Bertz CT molecular complexity index is 381. The van der Waals surface area contributed by atoms with Gasteiger partial charge in [-0.05, 0) is 5.56 Å². The molecule has 0 aliphatic rings. The first-order valence-electron chi connectivity index (χ1n) is 3.67. The lowest BCUT2D eigenvalue weighted by atomic mass is 10.1. The highest BCUT2D eigenvalue weighted by Gasteiger charge is 2.15. The highest BCUT2D eigenvalue weighted by molar-refractivity contribution is 7.89. The van der Waals surface area contributed by atoms with Crippen LogP contribution in [-0.4, -0.2) is 20.1 Å². The molecule has 0 aliphatic carbocycles. The van der Waals surface area contributed by atoms with E-state index in [0.717, 1.165) is 0 Å². The Morgan fingerprint density at radius 1 is 1.69 bits per heavy atom. The minimum atomic E-state index is -3.77. The molecular formula is C7H11NO4S. The molecule has 0 amide bonds. The summed E-state index contributed by atoms with van der Waals surface area (Å²) >= 11 is 0. The molecule has 1 atom stereocenters. The van der Waals surface area contributed by atoms with Crippen LogP contribution >= 0.6 is 0 Å². The van der Waals surface area contributed by atoms with E-state index >= 15 is 0 Å². The third-order valence-corrected chi connectivity index (χ3v) is 2.49. The lowest BCUT2D eigenvalue weighted by Gasteiger charge is -2.01. The van der Waals surface area contributed by atoms with E-state index in [1.807, 2.05) is 0 Å². The monoisotopic (exact) mass is 205 g/mol. The molecule has 0 aliphatic heterocycles. The summed E-state index contributed by atoms with van der Waals surface area (Å²) in [5, 5.41) is 13.3. The number of aliphatic hydroxyl groups is 1. The zero-order valence-electron chi connectivity index (χ0n) is 7.10. The second kappa shape index (κ2) is 3.49. The summed E-state index contributed by atoms with van der Waals surface area (Å²) in [6.45, 7) is 1.68. The van der Waals surface area contributed by atoms with Gasteiger partial charge in [0, 0.05) is 18.6 Å². The van der Waals surface area contributed by atoms with Crippen molar-refractivity contribution in [2.75, 3.05) is 6.61 Å². The lowest BCUT2D eigenvalue weighted by molar-refractivity contribution is 0.272. The van der Waals surface area contributed by atoms with Gasteiger partial charge >= 0.3 is 0 Å². The molecule has 0 aromatic carbocycles. The largest absolute Gasteiger partial charge is 0.451 e. The van der Waals surface area contributed by atoms with Crippen LogP contribution in [-0.2, 0) is 10.0 Å². The Hall–Kier alpha value is -0.850. The van der Waals surface area contributed by atoms with Crippen LogP contribution in [0.25, 0.3) is 0 Å². The van der Waals surface area contributed by atoms with Gasteiger partial charge in [-0.1, -0.05) is 6.92 Å². The molecule has 0 spiro atoms. The van der Waals surface area contributed by atoms with Crippen LogP contribution < -0.4 is 5.14 Å². The average molecular weight is 205 g/mol. The zero-order valence-corrected chi connectivity index (χ0v) is 7.91. The molecule has 0 fully saturated rings. The lowest BCUT2D eigenvalue weighted by Crippen LogP contribution is -2.10. The maximum atomic E-state index is 10.8. The molecule has 1 unspecified atom stereocenters. The van der Waals surface area contributed by atoms with Gasteiger partial charge in [0.25, 0.3) is 10.0 Å². The molecule has 6 heteroatoms. The third kappa shape index (κ3) is 2.30. The van der Waals surface area contributed by atoms with Crippen molar-refractivity contribution in [1.82, 2.24) is 0 Å². The van der Waals surface area contributed by atoms with E-state index in [1.165, 1.54) is 12.3 Å². The number of aliphatic hydroxyl groups excluding tert-OH is 1. The smallest absolute Gasteiger partial charge is 0.271 e. The van der Waals surface area contributed by atoms with E-state index in [1.54, 1.807) is 6.92 Å². The second-order valence-electron chi connectivity index (χ2n) is 2.83. The summed E-state index contributed by atoms with van der Waals surface area (Å²) in [5.74, 6) is -0.153. The maximum Gasteiger partial charge on any atom is 0.271 e. The molecule has 1 aromatic heterocycles. The van der Waals surface area contributed by atoms with Gasteiger partial charge in [-0.25, -0.2) is 13.6 Å². The number of rotatable bonds is 3. The summed E-state index contributed by atoms with van der Waals surface area (Å²) in [7, 11) is -3.77. The Morgan fingerprint density at radius 2 is 2.31 bits per heavy atom. The summed E-state index contributed by atoms with van der Waals surface area (Å²) < 4.78 is 26.3. The van der Waals surface area contributed by atoms with Gasteiger partial charge in [0.05, 0.1) is 6.26 Å². The minimum absolute atomic E-state index is 0.0659. The van der Waals surface area contributed by atoms with Gasteiger partial charge in [0.2, 0.25) is 5.09 Å². The van der Waals surface area contributed by atoms with Gasteiger partial charge in [-0.15, -0.1) is 0 Å². The molecule has 13 heavy (non-hydrogen) atoms. The van der Waals surface area contributed by atoms with E-state index in [9.17, 15) is 8.42 Å². The van der Waals surface area contributed by atoms with Crippen molar-refractivity contribution in [3.63, 3.8) is 0 Å². The topological polar surface area (TPSA) is 93.5 Å². The third-order valence-electron chi connectivity index (χ3n) is 1.72. The predicted octanol–water partition coefficient (Wildman–Crippen LogP) is 0.0228. The molecule has 5 nitrogen and oxygen atoms in total. The van der Waals surface area contributed by atoms with Gasteiger partial charge in [0.1, 0.15) is 0 Å². The first kappa shape index (κ1) is 10.2. The fourth-order valence-corrected chi connectivity index (χ4v) is 1.33. The van der Waals surface area contributed by atoms with Crippen molar-refractivity contribution < 1.29 is 17.9 Å². The molecule has 1 aromatic rings. The number of primary sulfonamides is 1. The first-order valence-corrected chi connectivity index (χ1v) is 5.22. The van der Waals surface area contributed by atoms with Crippen LogP contribution in [0.1, 0.15) is 18.4 Å². The molecule has 1 rings (SSSR count). The van der Waals surface area contributed by atoms with Crippen LogP contribution in [0.3, 0.4) is 0 Å². The highest BCUT2D eigenvalue weighted by Crippen LogP contribution is 2.19. The fraction of sp³-hybridized carbons (Fsp3) is 0.429. The summed E-state index contributed by atoms with van der Waals surface area (Å²) in [6, 6.07) is 1.32. The Labute approximate surface area is 76.2 Å². The van der Waals surface area contributed by atoms with Crippen molar-refractivity contribution >= 4 is 10.0 Å². The van der Waals surface area contributed by atoms with E-state index in [0.29, 0.717) is 5.56 Å². The number of hydrogen-bond acceptors (Lipinski definition) is 4. The van der Waals surface area contributed by atoms with E-state index in [4.69, 9.17) is 14.7 Å². The second-order valence-corrected chi connectivity index (χ2v) is 4.32. The SMILES string of the molecule is CC(CO)c1coc(S(N)(=O)=O)c1. The molecule has 0 bridgehead atoms. The van der Waals surface area contributed by atoms with Crippen molar-refractivity contribution in [3.8, 4) is 0 Å². The molecule has 0 saturated carbocycles. The molecular weight excluding hydrogens is 194 g/mol. The molecule has 0 saturated heterocycles.